The first-order valence-corrected chi connectivity index (χ1v) is 6.09. The number of likely N-dealkylation sites (N-methyl/N-ethyl adjacent to an activating group) is 1. The molecule has 6 heteroatoms. The van der Waals surface area contributed by atoms with Crippen LogP contribution in [0.3, 0.4) is 0 Å². The molecule has 20 heavy (non-hydrogen) atoms. The summed E-state index contributed by atoms with van der Waals surface area (Å²) in [5, 5.41) is 31.2. The Kier molecular flexibility index (Phi) is 6.17. The van der Waals surface area contributed by atoms with Crippen LogP contribution in [-0.4, -0.2) is 48.1 Å². The summed E-state index contributed by atoms with van der Waals surface area (Å²) in [6.07, 6.45) is 0.343. The van der Waals surface area contributed by atoms with Crippen molar-refractivity contribution in [1.29, 1.82) is 0 Å². The van der Waals surface area contributed by atoms with E-state index in [0.717, 1.165) is 6.08 Å². The van der Waals surface area contributed by atoms with Gasteiger partial charge in [0.1, 0.15) is 11.9 Å². The number of carboxylic acid groups (broad SMARTS) is 1. The molecule has 0 amide bonds. The molecule has 0 saturated carbocycles. The Morgan fingerprint density at radius 3 is 2.70 bits per heavy atom. The van der Waals surface area contributed by atoms with Crippen molar-refractivity contribution in [2.75, 3.05) is 20.7 Å². The summed E-state index contributed by atoms with van der Waals surface area (Å²) < 4.78 is 5.12. The molecule has 0 aliphatic carbocycles. The van der Waals surface area contributed by atoms with Crippen molar-refractivity contribution >= 4 is 12.0 Å². The van der Waals surface area contributed by atoms with Gasteiger partial charge in [-0.15, -0.1) is 0 Å². The number of aliphatic hydroxyl groups excluding tert-OH is 2. The van der Waals surface area contributed by atoms with Gasteiger partial charge in [-0.3, -0.25) is 0 Å². The molecule has 2 atom stereocenters. The monoisotopic (exact) mass is 281 g/mol. The molecule has 1 aromatic rings. The molecular formula is C14H19NO5. The van der Waals surface area contributed by atoms with Crippen LogP contribution in [-0.2, 0) is 4.79 Å². The quantitative estimate of drug-likeness (QED) is 0.540. The summed E-state index contributed by atoms with van der Waals surface area (Å²) in [6.45, 7) is 0.244. The van der Waals surface area contributed by atoms with Gasteiger partial charge < -0.3 is 25.4 Å². The second kappa shape index (κ2) is 7.64. The highest BCUT2D eigenvalue weighted by molar-refractivity contribution is 5.86. The van der Waals surface area contributed by atoms with Crippen LogP contribution in [0.1, 0.15) is 17.2 Å². The summed E-state index contributed by atoms with van der Waals surface area (Å²) in [6, 6.07) is 4.83. The number of hydrogen-bond donors (Lipinski definition) is 4. The van der Waals surface area contributed by atoms with Crippen molar-refractivity contribution in [3.05, 3.63) is 35.4 Å². The van der Waals surface area contributed by atoms with E-state index in [1.54, 1.807) is 25.2 Å². The Morgan fingerprint density at radius 2 is 2.15 bits per heavy atom. The fraction of sp³-hybridized carbons (Fsp3) is 0.357. The van der Waals surface area contributed by atoms with E-state index in [-0.39, 0.29) is 6.54 Å². The van der Waals surface area contributed by atoms with Gasteiger partial charge in [-0.1, -0.05) is 6.07 Å². The number of methoxy groups -OCH3 is 1. The second-order valence-electron chi connectivity index (χ2n) is 4.24. The number of ether oxygens (including phenoxy) is 1. The molecule has 4 N–H and O–H groups in total. The van der Waals surface area contributed by atoms with Crippen LogP contribution in [0.5, 0.6) is 5.75 Å². The van der Waals surface area contributed by atoms with Crippen molar-refractivity contribution in [3.63, 3.8) is 0 Å². The molecular weight excluding hydrogens is 262 g/mol. The smallest absolute Gasteiger partial charge is 0.328 e. The van der Waals surface area contributed by atoms with E-state index in [2.05, 4.69) is 5.32 Å². The number of aliphatic hydroxyl groups is 2. The lowest BCUT2D eigenvalue weighted by Crippen LogP contribution is -2.29. The maximum atomic E-state index is 10.6. The van der Waals surface area contributed by atoms with Crippen LogP contribution < -0.4 is 10.1 Å². The normalized spacial score (nSPS) is 14.2. The lowest BCUT2D eigenvalue weighted by atomic mass is 10.0. The van der Waals surface area contributed by atoms with E-state index in [9.17, 15) is 15.0 Å². The van der Waals surface area contributed by atoms with Gasteiger partial charge in [-0.25, -0.2) is 4.79 Å². The van der Waals surface area contributed by atoms with Gasteiger partial charge >= 0.3 is 5.97 Å². The molecule has 0 fully saturated rings. The highest BCUT2D eigenvalue weighted by Gasteiger charge is 2.18. The first kappa shape index (κ1) is 16.2. The summed E-state index contributed by atoms with van der Waals surface area (Å²) in [5.74, 6) is -0.588. The fourth-order valence-electron chi connectivity index (χ4n) is 1.77. The third-order valence-corrected chi connectivity index (χ3v) is 2.78. The number of aliphatic carboxylic acids is 1. The maximum Gasteiger partial charge on any atom is 0.328 e. The van der Waals surface area contributed by atoms with Gasteiger partial charge in [-0.05, 0) is 30.8 Å². The maximum absolute atomic E-state index is 10.6. The molecule has 0 aliphatic rings. The zero-order valence-corrected chi connectivity index (χ0v) is 11.4. The lowest BCUT2D eigenvalue weighted by Gasteiger charge is -2.19. The first-order chi connectivity index (χ1) is 9.49. The Bertz CT molecular complexity index is 486. The number of benzene rings is 1. The third kappa shape index (κ3) is 4.34. The molecule has 0 aromatic heterocycles. The molecule has 0 aliphatic heterocycles. The van der Waals surface area contributed by atoms with Crippen LogP contribution in [0.4, 0.5) is 0 Å². The highest BCUT2D eigenvalue weighted by atomic mass is 16.5. The van der Waals surface area contributed by atoms with E-state index < -0.39 is 18.2 Å². The Balaban J connectivity index is 3.05. The number of rotatable bonds is 7. The van der Waals surface area contributed by atoms with E-state index in [4.69, 9.17) is 9.84 Å². The van der Waals surface area contributed by atoms with Crippen molar-refractivity contribution in [3.8, 4) is 5.75 Å². The number of carbonyl (C=O) groups is 1. The van der Waals surface area contributed by atoms with Crippen LogP contribution in [0.15, 0.2) is 24.3 Å². The minimum absolute atomic E-state index is 0.244. The molecule has 110 valence electrons. The van der Waals surface area contributed by atoms with E-state index in [0.29, 0.717) is 16.9 Å². The van der Waals surface area contributed by atoms with Crippen LogP contribution in [0.2, 0.25) is 0 Å². The lowest BCUT2D eigenvalue weighted by molar-refractivity contribution is -0.131. The van der Waals surface area contributed by atoms with E-state index >= 15 is 0 Å². The molecule has 0 heterocycles. The average Bonchev–Trinajstić information content (AvgIpc) is 2.44. The van der Waals surface area contributed by atoms with Gasteiger partial charge in [0.05, 0.1) is 13.2 Å². The molecule has 1 aromatic carbocycles. The second-order valence-corrected chi connectivity index (χ2v) is 4.24. The van der Waals surface area contributed by atoms with Crippen molar-refractivity contribution < 1.29 is 24.9 Å². The molecule has 1 rings (SSSR count). The SMILES string of the molecule is CNCC(O)C(O)c1ccc(OC)c(/C=C/C(=O)O)c1. The zero-order valence-electron chi connectivity index (χ0n) is 11.4. The van der Waals surface area contributed by atoms with Crippen LogP contribution >= 0.6 is 0 Å². The topological polar surface area (TPSA) is 99.0 Å². The number of hydrogen-bond acceptors (Lipinski definition) is 5. The number of nitrogens with one attached hydrogen (secondary N) is 1. The zero-order chi connectivity index (χ0) is 15.1. The van der Waals surface area contributed by atoms with Crippen molar-refractivity contribution in [1.82, 2.24) is 5.32 Å². The standard InChI is InChI=1S/C14H19NO5/c1-15-8-11(16)14(19)10-3-5-12(20-2)9(7-10)4-6-13(17)18/h3-7,11,14-16,19H,8H2,1-2H3,(H,17,18)/b6-4+. The van der Waals surface area contributed by atoms with Gasteiger partial charge in [0.2, 0.25) is 0 Å². The highest BCUT2D eigenvalue weighted by Crippen LogP contribution is 2.26. The Morgan fingerprint density at radius 1 is 1.45 bits per heavy atom. The van der Waals surface area contributed by atoms with Gasteiger partial charge in [0, 0.05) is 18.2 Å². The summed E-state index contributed by atoms with van der Waals surface area (Å²) in [4.78, 5) is 10.6. The van der Waals surface area contributed by atoms with Crippen molar-refractivity contribution in [2.45, 2.75) is 12.2 Å². The average molecular weight is 281 g/mol. The van der Waals surface area contributed by atoms with Crippen LogP contribution in [0, 0.1) is 0 Å². The predicted octanol–water partition coefficient (Wildman–Crippen LogP) is 0.407. The van der Waals surface area contributed by atoms with Gasteiger partial charge in [-0.2, -0.15) is 0 Å². The molecule has 0 spiro atoms. The molecule has 0 saturated heterocycles. The largest absolute Gasteiger partial charge is 0.496 e. The minimum atomic E-state index is -1.08. The van der Waals surface area contributed by atoms with Crippen molar-refractivity contribution in [2.24, 2.45) is 0 Å². The van der Waals surface area contributed by atoms with E-state index in [1.165, 1.54) is 13.2 Å². The minimum Gasteiger partial charge on any atom is -0.496 e. The summed E-state index contributed by atoms with van der Waals surface area (Å²) in [7, 11) is 3.14. The molecule has 0 bridgehead atoms. The Labute approximate surface area is 117 Å². The summed E-state index contributed by atoms with van der Waals surface area (Å²) >= 11 is 0. The molecule has 2 unspecified atom stereocenters. The fourth-order valence-corrected chi connectivity index (χ4v) is 1.77. The van der Waals surface area contributed by atoms with E-state index in [1.807, 2.05) is 0 Å². The Hall–Kier alpha value is -1.89. The van der Waals surface area contributed by atoms with Gasteiger partial charge in [0.25, 0.3) is 0 Å². The molecule has 0 radical (unpaired) electrons. The van der Waals surface area contributed by atoms with Crippen LogP contribution in [0.25, 0.3) is 6.08 Å². The predicted molar refractivity (Wildman–Crippen MR) is 74.6 cm³/mol. The summed E-state index contributed by atoms with van der Waals surface area (Å²) in [5.41, 5.74) is 1.00. The van der Waals surface area contributed by atoms with Gasteiger partial charge in [0.15, 0.2) is 0 Å². The third-order valence-electron chi connectivity index (χ3n) is 2.78. The molecule has 6 nitrogen and oxygen atoms in total. The first-order valence-electron chi connectivity index (χ1n) is 6.09. The number of carboxylic acids is 1.